The van der Waals surface area contributed by atoms with Crippen LogP contribution in [-0.2, 0) is 0 Å². The second kappa shape index (κ2) is 3.96. The van der Waals surface area contributed by atoms with Crippen molar-refractivity contribution in [2.24, 2.45) is 0 Å². The van der Waals surface area contributed by atoms with E-state index in [-0.39, 0.29) is 0 Å². The standard InChI is InChI=1S/C9H12N2OS/c1-7-4-10-5-9(11-7)12-8-2-3-13-6-8/h4-5,8H,2-3,6H2,1H3. The average Bonchev–Trinajstić information content (AvgIpc) is 2.57. The van der Waals surface area contributed by atoms with Crippen molar-refractivity contribution in [1.29, 1.82) is 0 Å². The van der Waals surface area contributed by atoms with Crippen LogP contribution >= 0.6 is 11.8 Å². The van der Waals surface area contributed by atoms with Crippen LogP contribution in [-0.4, -0.2) is 27.6 Å². The molecule has 0 radical (unpaired) electrons. The zero-order valence-electron chi connectivity index (χ0n) is 7.56. The van der Waals surface area contributed by atoms with Gasteiger partial charge in [-0.05, 0) is 19.1 Å². The predicted molar refractivity (Wildman–Crippen MR) is 53.1 cm³/mol. The summed E-state index contributed by atoms with van der Waals surface area (Å²) < 4.78 is 5.66. The highest BCUT2D eigenvalue weighted by Crippen LogP contribution is 2.21. The van der Waals surface area contributed by atoms with Gasteiger partial charge in [0.1, 0.15) is 6.10 Å². The van der Waals surface area contributed by atoms with Gasteiger partial charge in [0.2, 0.25) is 5.88 Å². The molecule has 0 amide bonds. The average molecular weight is 196 g/mol. The van der Waals surface area contributed by atoms with Crippen LogP contribution < -0.4 is 4.74 Å². The van der Waals surface area contributed by atoms with Crippen LogP contribution in [0, 0.1) is 6.92 Å². The van der Waals surface area contributed by atoms with Crippen LogP contribution in [0.1, 0.15) is 12.1 Å². The van der Waals surface area contributed by atoms with Crippen LogP contribution in [0.25, 0.3) is 0 Å². The number of nitrogens with zero attached hydrogens (tertiary/aromatic N) is 2. The van der Waals surface area contributed by atoms with E-state index in [4.69, 9.17) is 4.74 Å². The number of aromatic nitrogens is 2. The molecule has 2 heterocycles. The van der Waals surface area contributed by atoms with Crippen LogP contribution in [0.15, 0.2) is 12.4 Å². The van der Waals surface area contributed by atoms with Crippen LogP contribution in [0.2, 0.25) is 0 Å². The first-order valence-electron chi connectivity index (χ1n) is 4.37. The fraction of sp³-hybridized carbons (Fsp3) is 0.556. The number of thioether (sulfide) groups is 1. The molecule has 1 fully saturated rings. The highest BCUT2D eigenvalue weighted by molar-refractivity contribution is 7.99. The van der Waals surface area contributed by atoms with E-state index in [1.807, 2.05) is 18.7 Å². The molecular weight excluding hydrogens is 184 g/mol. The van der Waals surface area contributed by atoms with Gasteiger partial charge in [-0.15, -0.1) is 0 Å². The van der Waals surface area contributed by atoms with Crippen molar-refractivity contribution in [1.82, 2.24) is 9.97 Å². The summed E-state index contributed by atoms with van der Waals surface area (Å²) in [6, 6.07) is 0. The fourth-order valence-electron chi connectivity index (χ4n) is 1.27. The van der Waals surface area contributed by atoms with Crippen molar-refractivity contribution in [3.05, 3.63) is 18.1 Å². The Morgan fingerprint density at radius 3 is 3.15 bits per heavy atom. The molecule has 13 heavy (non-hydrogen) atoms. The lowest BCUT2D eigenvalue weighted by Crippen LogP contribution is -2.15. The van der Waals surface area contributed by atoms with Gasteiger partial charge in [-0.3, -0.25) is 4.98 Å². The molecule has 0 N–H and O–H groups in total. The first-order valence-corrected chi connectivity index (χ1v) is 5.53. The summed E-state index contributed by atoms with van der Waals surface area (Å²) in [6.07, 6.45) is 4.87. The minimum Gasteiger partial charge on any atom is -0.472 e. The van der Waals surface area contributed by atoms with E-state index in [1.54, 1.807) is 12.4 Å². The van der Waals surface area contributed by atoms with Gasteiger partial charge < -0.3 is 4.74 Å². The van der Waals surface area contributed by atoms with Crippen molar-refractivity contribution in [3.63, 3.8) is 0 Å². The lowest BCUT2D eigenvalue weighted by Gasteiger charge is -2.10. The van der Waals surface area contributed by atoms with E-state index in [0.717, 1.165) is 17.9 Å². The highest BCUT2D eigenvalue weighted by atomic mass is 32.2. The number of ether oxygens (including phenoxy) is 1. The first-order chi connectivity index (χ1) is 6.34. The van der Waals surface area contributed by atoms with Crippen molar-refractivity contribution < 1.29 is 4.74 Å². The normalized spacial score (nSPS) is 21.8. The van der Waals surface area contributed by atoms with Crippen LogP contribution in [0.5, 0.6) is 5.88 Å². The maximum Gasteiger partial charge on any atom is 0.232 e. The summed E-state index contributed by atoms with van der Waals surface area (Å²) >= 11 is 1.93. The maximum atomic E-state index is 5.66. The summed E-state index contributed by atoms with van der Waals surface area (Å²) in [7, 11) is 0. The van der Waals surface area contributed by atoms with Gasteiger partial charge in [0.15, 0.2) is 0 Å². The first kappa shape index (κ1) is 8.81. The highest BCUT2D eigenvalue weighted by Gasteiger charge is 2.17. The Kier molecular flexibility index (Phi) is 2.68. The molecule has 0 aliphatic carbocycles. The molecule has 70 valence electrons. The molecule has 1 atom stereocenters. The summed E-state index contributed by atoms with van der Waals surface area (Å²) in [5.74, 6) is 2.94. The summed E-state index contributed by atoms with van der Waals surface area (Å²) in [5.41, 5.74) is 0.906. The quantitative estimate of drug-likeness (QED) is 0.720. The minimum absolute atomic E-state index is 0.334. The van der Waals surface area contributed by atoms with Gasteiger partial charge in [-0.2, -0.15) is 11.8 Å². The molecule has 1 aromatic rings. The molecule has 1 aromatic heterocycles. The zero-order chi connectivity index (χ0) is 9.10. The third-order valence-electron chi connectivity index (χ3n) is 1.91. The summed E-state index contributed by atoms with van der Waals surface area (Å²) in [4.78, 5) is 8.27. The van der Waals surface area contributed by atoms with Gasteiger partial charge in [0.05, 0.1) is 11.9 Å². The third kappa shape index (κ3) is 2.34. The van der Waals surface area contributed by atoms with Gasteiger partial charge in [-0.25, -0.2) is 4.98 Å². The third-order valence-corrected chi connectivity index (χ3v) is 3.04. The Balaban J connectivity index is 2.00. The Morgan fingerprint density at radius 2 is 2.46 bits per heavy atom. The van der Waals surface area contributed by atoms with E-state index in [9.17, 15) is 0 Å². The Hall–Kier alpha value is -0.770. The summed E-state index contributed by atoms with van der Waals surface area (Å²) in [5, 5.41) is 0. The lowest BCUT2D eigenvalue weighted by molar-refractivity contribution is 0.219. The molecule has 0 spiro atoms. The SMILES string of the molecule is Cc1cncc(OC2CCSC2)n1. The second-order valence-electron chi connectivity index (χ2n) is 3.10. The monoisotopic (exact) mass is 196 g/mol. The molecule has 1 unspecified atom stereocenters. The minimum atomic E-state index is 0.334. The topological polar surface area (TPSA) is 35.0 Å². The fourth-order valence-corrected chi connectivity index (χ4v) is 2.37. The largest absolute Gasteiger partial charge is 0.472 e. The molecule has 0 aromatic carbocycles. The Bertz CT molecular complexity index is 287. The molecule has 1 aliphatic heterocycles. The van der Waals surface area contributed by atoms with Gasteiger partial charge in [0.25, 0.3) is 0 Å². The Morgan fingerprint density at radius 1 is 1.54 bits per heavy atom. The molecule has 1 aliphatic rings. The van der Waals surface area contributed by atoms with Crippen molar-refractivity contribution in [2.45, 2.75) is 19.4 Å². The van der Waals surface area contributed by atoms with E-state index in [2.05, 4.69) is 9.97 Å². The molecule has 1 saturated heterocycles. The van der Waals surface area contributed by atoms with Crippen molar-refractivity contribution in [3.8, 4) is 5.88 Å². The van der Waals surface area contributed by atoms with Gasteiger partial charge in [0, 0.05) is 11.9 Å². The Labute approximate surface area is 81.9 Å². The maximum absolute atomic E-state index is 5.66. The number of hydrogen-bond donors (Lipinski definition) is 0. The van der Waals surface area contributed by atoms with Crippen molar-refractivity contribution >= 4 is 11.8 Å². The van der Waals surface area contributed by atoms with E-state index in [0.29, 0.717) is 12.0 Å². The van der Waals surface area contributed by atoms with Crippen molar-refractivity contribution in [2.75, 3.05) is 11.5 Å². The number of hydrogen-bond acceptors (Lipinski definition) is 4. The van der Waals surface area contributed by atoms with E-state index < -0.39 is 0 Å². The van der Waals surface area contributed by atoms with Crippen LogP contribution in [0.3, 0.4) is 0 Å². The molecule has 0 bridgehead atoms. The number of rotatable bonds is 2. The summed E-state index contributed by atoms with van der Waals surface area (Å²) in [6.45, 7) is 1.92. The van der Waals surface area contributed by atoms with E-state index >= 15 is 0 Å². The molecule has 2 rings (SSSR count). The molecule has 0 saturated carbocycles. The zero-order valence-corrected chi connectivity index (χ0v) is 8.38. The van der Waals surface area contributed by atoms with Crippen LogP contribution in [0.4, 0.5) is 0 Å². The smallest absolute Gasteiger partial charge is 0.232 e. The molecular formula is C9H12N2OS. The lowest BCUT2D eigenvalue weighted by atomic mass is 10.3. The molecule has 3 nitrogen and oxygen atoms in total. The predicted octanol–water partition coefficient (Wildman–Crippen LogP) is 1.67. The van der Waals surface area contributed by atoms with Gasteiger partial charge in [-0.1, -0.05) is 0 Å². The van der Waals surface area contributed by atoms with E-state index in [1.165, 1.54) is 5.75 Å². The molecule has 4 heteroatoms. The second-order valence-corrected chi connectivity index (χ2v) is 4.25. The number of aryl methyl sites for hydroxylation is 1. The van der Waals surface area contributed by atoms with Gasteiger partial charge >= 0.3 is 0 Å².